The topological polar surface area (TPSA) is 56.0 Å². The Balaban J connectivity index is 2.12. The fourth-order valence-electron chi connectivity index (χ4n) is 2.29. The van der Waals surface area contributed by atoms with Crippen LogP contribution in [0.15, 0.2) is 36.6 Å². The van der Waals surface area contributed by atoms with Crippen LogP contribution < -0.4 is 5.73 Å². The van der Waals surface area contributed by atoms with E-state index < -0.39 is 0 Å². The van der Waals surface area contributed by atoms with E-state index in [0.717, 1.165) is 30.5 Å². The second kappa shape index (κ2) is 5.63. The first-order valence-corrected chi connectivity index (χ1v) is 6.28. The minimum absolute atomic E-state index is 0.120. The van der Waals surface area contributed by atoms with Crippen LogP contribution in [0.2, 0.25) is 0 Å². The maximum absolute atomic E-state index is 11.8. The zero-order valence-corrected chi connectivity index (χ0v) is 10.6. The highest BCUT2D eigenvalue weighted by atomic mass is 16.1. The third-order valence-electron chi connectivity index (χ3n) is 3.29. The van der Waals surface area contributed by atoms with Crippen LogP contribution in [0.5, 0.6) is 0 Å². The summed E-state index contributed by atoms with van der Waals surface area (Å²) in [6, 6.07) is 3.70. The summed E-state index contributed by atoms with van der Waals surface area (Å²) in [5, 5.41) is 0. The van der Waals surface area contributed by atoms with Gasteiger partial charge < -0.3 is 5.73 Å². The van der Waals surface area contributed by atoms with E-state index >= 15 is 0 Å². The highest BCUT2D eigenvalue weighted by Crippen LogP contribution is 2.32. The molecule has 1 aromatic rings. The summed E-state index contributed by atoms with van der Waals surface area (Å²) in [6.45, 7) is 1.87. The molecule has 1 aliphatic carbocycles. The average Bonchev–Trinajstić information content (AvgIpc) is 2.40. The maximum atomic E-state index is 11.8. The number of nitrogen functional groups attached to an aromatic ring is 1. The Bertz CT molecular complexity index is 503. The van der Waals surface area contributed by atoms with Crippen molar-refractivity contribution < 1.29 is 4.79 Å². The van der Waals surface area contributed by atoms with Gasteiger partial charge in [-0.25, -0.2) is 0 Å². The van der Waals surface area contributed by atoms with E-state index in [1.54, 1.807) is 18.3 Å². The summed E-state index contributed by atoms with van der Waals surface area (Å²) in [5.41, 5.74) is 8.66. The molecule has 18 heavy (non-hydrogen) atoms. The number of carbonyl (C=O) groups is 1. The zero-order chi connectivity index (χ0) is 13.0. The van der Waals surface area contributed by atoms with E-state index in [2.05, 4.69) is 11.1 Å². The zero-order valence-electron chi connectivity index (χ0n) is 10.6. The van der Waals surface area contributed by atoms with Gasteiger partial charge in [-0.3, -0.25) is 9.78 Å². The molecule has 0 amide bonds. The number of anilines is 1. The third kappa shape index (κ3) is 2.67. The first-order chi connectivity index (χ1) is 8.72. The van der Waals surface area contributed by atoms with Gasteiger partial charge in [-0.1, -0.05) is 12.2 Å². The molecular weight excluding hydrogens is 224 g/mol. The summed E-state index contributed by atoms with van der Waals surface area (Å²) >= 11 is 0. The van der Waals surface area contributed by atoms with Crippen molar-refractivity contribution in [3.63, 3.8) is 0 Å². The minimum Gasteiger partial charge on any atom is -0.397 e. The number of ketones is 1. The minimum atomic E-state index is 0.120. The molecule has 0 fully saturated rings. The number of nitrogens with zero attached hydrogens (tertiary/aromatic N) is 1. The summed E-state index contributed by atoms with van der Waals surface area (Å²) in [6.07, 6.45) is 9.86. The number of rotatable bonds is 3. The van der Waals surface area contributed by atoms with Crippen molar-refractivity contribution in [2.75, 3.05) is 5.73 Å². The monoisotopic (exact) mass is 242 g/mol. The summed E-state index contributed by atoms with van der Waals surface area (Å²) in [5.74, 6) is 0.344. The van der Waals surface area contributed by atoms with Gasteiger partial charge in [0.2, 0.25) is 0 Å². The molecule has 94 valence electrons. The first kappa shape index (κ1) is 12.6. The van der Waals surface area contributed by atoms with Gasteiger partial charge in [0.05, 0.1) is 11.4 Å². The average molecular weight is 242 g/mol. The molecule has 2 rings (SSSR count). The summed E-state index contributed by atoms with van der Waals surface area (Å²) in [4.78, 5) is 16.1. The number of nitrogens with two attached hydrogens (primary N) is 1. The third-order valence-corrected chi connectivity index (χ3v) is 3.29. The molecule has 3 heteroatoms. The van der Waals surface area contributed by atoms with Crippen molar-refractivity contribution in [2.24, 2.45) is 5.92 Å². The number of allylic oxidation sites excluding steroid dienone is 4. The van der Waals surface area contributed by atoms with E-state index in [9.17, 15) is 4.79 Å². The Hall–Kier alpha value is -1.90. The van der Waals surface area contributed by atoms with Gasteiger partial charge in [0, 0.05) is 12.1 Å². The van der Waals surface area contributed by atoms with Crippen LogP contribution in [0.25, 0.3) is 5.57 Å². The van der Waals surface area contributed by atoms with Crippen molar-refractivity contribution in [1.82, 2.24) is 4.98 Å². The molecule has 0 spiro atoms. The highest BCUT2D eigenvalue weighted by Gasteiger charge is 2.21. The number of hydrogen-bond donors (Lipinski definition) is 1. The highest BCUT2D eigenvalue weighted by molar-refractivity contribution is 5.92. The van der Waals surface area contributed by atoms with Crippen LogP contribution in [0.4, 0.5) is 5.69 Å². The Morgan fingerprint density at radius 3 is 3.00 bits per heavy atom. The molecule has 2 N–H and O–H groups in total. The van der Waals surface area contributed by atoms with Crippen LogP contribution in [0, 0.1) is 5.92 Å². The molecule has 0 saturated heterocycles. The van der Waals surface area contributed by atoms with E-state index in [1.165, 1.54) is 0 Å². The van der Waals surface area contributed by atoms with Crippen LogP contribution in [-0.2, 0) is 4.79 Å². The fourth-order valence-corrected chi connectivity index (χ4v) is 2.29. The fraction of sp³-hybridized carbons (Fsp3) is 0.333. The standard InChI is InChI=1S/C15H18N2O/c1-2-4-14(18)11-6-8-12(9-7-11)15-13(16)5-3-10-17-15/h2-5,8,10-11H,6-7,9,16H2,1H3/b4-2+. The van der Waals surface area contributed by atoms with Crippen LogP contribution in [-0.4, -0.2) is 10.8 Å². The lowest BCUT2D eigenvalue weighted by molar-refractivity contribution is -0.118. The van der Waals surface area contributed by atoms with Gasteiger partial charge in [0.25, 0.3) is 0 Å². The number of aromatic nitrogens is 1. The molecule has 1 heterocycles. The molecule has 0 aliphatic heterocycles. The van der Waals surface area contributed by atoms with Crippen molar-refractivity contribution in [1.29, 1.82) is 0 Å². The largest absolute Gasteiger partial charge is 0.397 e. The van der Waals surface area contributed by atoms with Crippen LogP contribution >= 0.6 is 0 Å². The Labute approximate surface area is 107 Å². The summed E-state index contributed by atoms with van der Waals surface area (Å²) in [7, 11) is 0. The van der Waals surface area contributed by atoms with E-state index in [0.29, 0.717) is 5.69 Å². The Morgan fingerprint density at radius 1 is 1.56 bits per heavy atom. The number of hydrogen-bond acceptors (Lipinski definition) is 3. The van der Waals surface area contributed by atoms with Crippen LogP contribution in [0.1, 0.15) is 31.9 Å². The van der Waals surface area contributed by atoms with Crippen molar-refractivity contribution >= 4 is 17.0 Å². The molecule has 0 bridgehead atoms. The van der Waals surface area contributed by atoms with Gasteiger partial charge in [-0.05, 0) is 50.0 Å². The molecule has 0 saturated carbocycles. The predicted octanol–water partition coefficient (Wildman–Crippen LogP) is 2.99. The van der Waals surface area contributed by atoms with Crippen molar-refractivity contribution in [3.8, 4) is 0 Å². The molecule has 0 aromatic carbocycles. The van der Waals surface area contributed by atoms with Gasteiger partial charge in [0.15, 0.2) is 5.78 Å². The second-order valence-corrected chi connectivity index (χ2v) is 4.54. The molecule has 1 unspecified atom stereocenters. The van der Waals surface area contributed by atoms with Crippen molar-refractivity contribution in [2.45, 2.75) is 26.2 Å². The summed E-state index contributed by atoms with van der Waals surface area (Å²) < 4.78 is 0. The van der Waals surface area contributed by atoms with E-state index in [-0.39, 0.29) is 11.7 Å². The first-order valence-electron chi connectivity index (χ1n) is 6.28. The van der Waals surface area contributed by atoms with Gasteiger partial charge in [0.1, 0.15) is 0 Å². The molecule has 1 aliphatic rings. The lowest BCUT2D eigenvalue weighted by Crippen LogP contribution is -2.15. The normalized spacial score (nSPS) is 19.8. The Kier molecular flexibility index (Phi) is 3.92. The van der Waals surface area contributed by atoms with E-state index in [4.69, 9.17) is 5.73 Å². The molecule has 0 radical (unpaired) electrons. The van der Waals surface area contributed by atoms with E-state index in [1.807, 2.05) is 19.1 Å². The lowest BCUT2D eigenvalue weighted by atomic mass is 9.85. The van der Waals surface area contributed by atoms with Crippen LogP contribution in [0.3, 0.4) is 0 Å². The smallest absolute Gasteiger partial charge is 0.158 e. The number of pyridine rings is 1. The SMILES string of the molecule is C/C=C/C(=O)C1CC=C(c2ncccc2N)CC1. The molecular formula is C15H18N2O. The maximum Gasteiger partial charge on any atom is 0.158 e. The van der Waals surface area contributed by atoms with Gasteiger partial charge in [-0.2, -0.15) is 0 Å². The quantitative estimate of drug-likeness (QED) is 0.829. The second-order valence-electron chi connectivity index (χ2n) is 4.54. The van der Waals surface area contributed by atoms with Gasteiger partial charge >= 0.3 is 0 Å². The predicted molar refractivity (Wildman–Crippen MR) is 73.8 cm³/mol. The lowest BCUT2D eigenvalue weighted by Gasteiger charge is -2.20. The molecule has 3 nitrogen and oxygen atoms in total. The van der Waals surface area contributed by atoms with Crippen molar-refractivity contribution in [3.05, 3.63) is 42.3 Å². The number of carbonyl (C=O) groups excluding carboxylic acids is 1. The molecule has 1 aromatic heterocycles. The molecule has 1 atom stereocenters. The Morgan fingerprint density at radius 2 is 2.39 bits per heavy atom. The van der Waals surface area contributed by atoms with Gasteiger partial charge in [-0.15, -0.1) is 0 Å².